The Labute approximate surface area is 148 Å². The molecular formula is C23H23NO. The Morgan fingerprint density at radius 2 is 1.80 bits per heavy atom. The third-order valence-electron chi connectivity index (χ3n) is 4.49. The van der Waals surface area contributed by atoms with Gasteiger partial charge in [-0.15, -0.1) is 0 Å². The molecule has 2 aromatic carbocycles. The van der Waals surface area contributed by atoms with Crippen molar-refractivity contribution in [3.63, 3.8) is 0 Å². The Bertz CT molecular complexity index is 1070. The fraction of sp³-hybridized carbons (Fsp3) is 0.261. The molecule has 2 heterocycles. The van der Waals surface area contributed by atoms with Crippen molar-refractivity contribution >= 4 is 21.9 Å². The first-order valence-corrected chi connectivity index (χ1v) is 8.78. The maximum Gasteiger partial charge on any atom is 0.144 e. The molecule has 0 amide bonds. The Kier molecular flexibility index (Phi) is 3.64. The number of hydrogen-bond acceptors (Lipinski definition) is 2. The van der Waals surface area contributed by atoms with E-state index in [-0.39, 0.29) is 5.41 Å². The van der Waals surface area contributed by atoms with Crippen LogP contribution in [0.5, 0.6) is 0 Å². The van der Waals surface area contributed by atoms with Gasteiger partial charge in [0.05, 0.1) is 5.69 Å². The summed E-state index contributed by atoms with van der Waals surface area (Å²) in [5.41, 5.74) is 6.68. The van der Waals surface area contributed by atoms with Crippen LogP contribution in [0.3, 0.4) is 0 Å². The first kappa shape index (κ1) is 15.9. The molecule has 0 saturated heterocycles. The molecule has 0 bridgehead atoms. The van der Waals surface area contributed by atoms with Crippen molar-refractivity contribution < 1.29 is 4.42 Å². The lowest BCUT2D eigenvalue weighted by Gasteiger charge is -2.17. The van der Waals surface area contributed by atoms with Gasteiger partial charge in [-0.3, -0.25) is 4.98 Å². The molecule has 0 radical (unpaired) electrons. The van der Waals surface area contributed by atoms with Crippen molar-refractivity contribution in [1.82, 2.24) is 4.98 Å². The van der Waals surface area contributed by atoms with Gasteiger partial charge in [0.2, 0.25) is 0 Å². The summed E-state index contributed by atoms with van der Waals surface area (Å²) in [6, 6.07) is 17.0. The molecule has 0 aliphatic heterocycles. The molecule has 4 aromatic rings. The number of fused-ring (bicyclic) bond motifs is 3. The van der Waals surface area contributed by atoms with E-state index < -0.39 is 0 Å². The van der Waals surface area contributed by atoms with Crippen molar-refractivity contribution in [2.24, 2.45) is 5.41 Å². The molecule has 2 nitrogen and oxygen atoms in total. The lowest BCUT2D eigenvalue weighted by molar-refractivity contribution is 0.411. The minimum Gasteiger partial charge on any atom is -0.455 e. The van der Waals surface area contributed by atoms with Crippen LogP contribution in [-0.4, -0.2) is 4.98 Å². The van der Waals surface area contributed by atoms with E-state index in [1.165, 1.54) is 16.5 Å². The van der Waals surface area contributed by atoms with Gasteiger partial charge in [0, 0.05) is 22.5 Å². The zero-order chi connectivity index (χ0) is 17.6. The standard InChI is InChI=1S/C23H23NO/c1-15-10-11-24-20(12-15)18-7-5-6-17-19-13-16(14-23(2,3)4)8-9-21(19)25-22(17)18/h5-13H,14H2,1-4H3. The number of aryl methyl sites for hydroxylation is 1. The second-order valence-electron chi connectivity index (χ2n) is 8.07. The van der Waals surface area contributed by atoms with Gasteiger partial charge in [0.25, 0.3) is 0 Å². The van der Waals surface area contributed by atoms with E-state index in [2.05, 4.69) is 75.1 Å². The van der Waals surface area contributed by atoms with Gasteiger partial charge in [0.15, 0.2) is 0 Å². The first-order valence-electron chi connectivity index (χ1n) is 8.78. The minimum absolute atomic E-state index is 0.268. The second kappa shape index (κ2) is 5.73. The number of hydrogen-bond donors (Lipinski definition) is 0. The molecule has 4 rings (SSSR count). The van der Waals surface area contributed by atoms with E-state index in [9.17, 15) is 0 Å². The molecule has 126 valence electrons. The van der Waals surface area contributed by atoms with Crippen molar-refractivity contribution in [2.75, 3.05) is 0 Å². The highest BCUT2D eigenvalue weighted by atomic mass is 16.3. The average Bonchev–Trinajstić information content (AvgIpc) is 2.91. The van der Waals surface area contributed by atoms with Gasteiger partial charge in [-0.05, 0) is 60.2 Å². The zero-order valence-electron chi connectivity index (χ0n) is 15.3. The van der Waals surface area contributed by atoms with E-state index in [0.717, 1.165) is 34.2 Å². The van der Waals surface area contributed by atoms with Gasteiger partial charge in [0.1, 0.15) is 11.2 Å². The van der Waals surface area contributed by atoms with E-state index in [1.54, 1.807) is 0 Å². The predicted octanol–water partition coefficient (Wildman–Crippen LogP) is 6.55. The molecule has 0 saturated carbocycles. The van der Waals surface area contributed by atoms with Gasteiger partial charge < -0.3 is 4.42 Å². The zero-order valence-corrected chi connectivity index (χ0v) is 15.3. The van der Waals surface area contributed by atoms with Crippen LogP contribution in [0.25, 0.3) is 33.2 Å². The van der Waals surface area contributed by atoms with Crippen LogP contribution in [0.1, 0.15) is 31.9 Å². The molecule has 0 atom stereocenters. The van der Waals surface area contributed by atoms with Crippen LogP contribution >= 0.6 is 0 Å². The normalized spacial score (nSPS) is 12.2. The van der Waals surface area contributed by atoms with E-state index in [4.69, 9.17) is 4.42 Å². The maximum absolute atomic E-state index is 6.22. The molecule has 25 heavy (non-hydrogen) atoms. The third-order valence-corrected chi connectivity index (χ3v) is 4.49. The van der Waals surface area contributed by atoms with Crippen molar-refractivity contribution in [1.29, 1.82) is 0 Å². The highest BCUT2D eigenvalue weighted by molar-refractivity contribution is 6.09. The summed E-state index contributed by atoms with van der Waals surface area (Å²) in [6.45, 7) is 8.90. The summed E-state index contributed by atoms with van der Waals surface area (Å²) in [7, 11) is 0. The summed E-state index contributed by atoms with van der Waals surface area (Å²) >= 11 is 0. The summed E-state index contributed by atoms with van der Waals surface area (Å²) in [6.07, 6.45) is 2.91. The van der Waals surface area contributed by atoms with Crippen molar-refractivity contribution in [3.8, 4) is 11.3 Å². The average molecular weight is 329 g/mol. The Hall–Kier alpha value is -2.61. The van der Waals surface area contributed by atoms with Crippen molar-refractivity contribution in [2.45, 2.75) is 34.1 Å². The molecule has 0 aliphatic rings. The molecule has 2 aromatic heterocycles. The van der Waals surface area contributed by atoms with Crippen LogP contribution in [0, 0.1) is 12.3 Å². The Balaban J connectivity index is 1.92. The van der Waals surface area contributed by atoms with Gasteiger partial charge >= 0.3 is 0 Å². The second-order valence-corrected chi connectivity index (χ2v) is 8.07. The molecule has 0 unspecified atom stereocenters. The molecular weight excluding hydrogens is 306 g/mol. The van der Waals surface area contributed by atoms with Gasteiger partial charge in [-0.1, -0.05) is 39.0 Å². The fourth-order valence-electron chi connectivity index (χ4n) is 3.45. The topological polar surface area (TPSA) is 26.0 Å². The molecule has 0 N–H and O–H groups in total. The number of aromatic nitrogens is 1. The van der Waals surface area contributed by atoms with E-state index in [0.29, 0.717) is 0 Å². The van der Waals surface area contributed by atoms with E-state index in [1.807, 2.05) is 12.3 Å². The Morgan fingerprint density at radius 3 is 2.56 bits per heavy atom. The van der Waals surface area contributed by atoms with Gasteiger partial charge in [-0.25, -0.2) is 0 Å². The van der Waals surface area contributed by atoms with Crippen LogP contribution in [0.4, 0.5) is 0 Å². The first-order chi connectivity index (χ1) is 11.9. The summed E-state index contributed by atoms with van der Waals surface area (Å²) < 4.78 is 6.22. The van der Waals surface area contributed by atoms with Crippen molar-refractivity contribution in [3.05, 3.63) is 65.9 Å². The summed E-state index contributed by atoms with van der Waals surface area (Å²) in [5, 5.41) is 2.35. The molecule has 0 aliphatic carbocycles. The highest BCUT2D eigenvalue weighted by Gasteiger charge is 2.15. The fourth-order valence-corrected chi connectivity index (χ4v) is 3.45. The summed E-state index contributed by atoms with van der Waals surface area (Å²) in [5.74, 6) is 0. The lowest BCUT2D eigenvalue weighted by atomic mass is 9.88. The van der Waals surface area contributed by atoms with Gasteiger partial charge in [-0.2, -0.15) is 0 Å². The number of para-hydroxylation sites is 1. The summed E-state index contributed by atoms with van der Waals surface area (Å²) in [4.78, 5) is 4.54. The van der Waals surface area contributed by atoms with E-state index >= 15 is 0 Å². The maximum atomic E-state index is 6.22. The number of pyridine rings is 1. The van der Waals surface area contributed by atoms with Crippen LogP contribution < -0.4 is 0 Å². The SMILES string of the molecule is Cc1ccnc(-c2cccc3c2oc2ccc(CC(C)(C)C)cc23)c1. The number of nitrogens with zero attached hydrogens (tertiary/aromatic N) is 1. The quantitative estimate of drug-likeness (QED) is 0.417. The molecule has 0 spiro atoms. The minimum atomic E-state index is 0.268. The largest absolute Gasteiger partial charge is 0.455 e. The smallest absolute Gasteiger partial charge is 0.144 e. The predicted molar refractivity (Wildman–Crippen MR) is 105 cm³/mol. The molecule has 2 heteroatoms. The lowest BCUT2D eigenvalue weighted by Crippen LogP contribution is -2.08. The Morgan fingerprint density at radius 1 is 0.960 bits per heavy atom. The monoisotopic (exact) mass is 329 g/mol. The third kappa shape index (κ3) is 3.05. The van der Waals surface area contributed by atoms with Crippen LogP contribution in [-0.2, 0) is 6.42 Å². The number of furan rings is 1. The number of rotatable bonds is 2. The highest BCUT2D eigenvalue weighted by Crippen LogP contribution is 2.36. The molecule has 0 fully saturated rings. The van der Waals surface area contributed by atoms with Crippen LogP contribution in [0.2, 0.25) is 0 Å². The number of benzene rings is 2. The van der Waals surface area contributed by atoms with Crippen LogP contribution in [0.15, 0.2) is 59.1 Å².